The normalized spacial score (nSPS) is 19.6. The van der Waals surface area contributed by atoms with Gasteiger partial charge in [-0.15, -0.1) is 0 Å². The van der Waals surface area contributed by atoms with Crippen LogP contribution in [-0.2, 0) is 18.4 Å². The van der Waals surface area contributed by atoms with E-state index in [0.717, 1.165) is 29.9 Å². The summed E-state index contributed by atoms with van der Waals surface area (Å²) in [7, 11) is 1.86. The number of ketones is 1. The van der Waals surface area contributed by atoms with Gasteiger partial charge in [0.15, 0.2) is 17.3 Å². The molecule has 2 atom stereocenters. The quantitative estimate of drug-likeness (QED) is 0.303. The molecule has 0 radical (unpaired) electrons. The number of carbonyl (C=O) groups excluding carboxylic acids is 1. The van der Waals surface area contributed by atoms with Crippen LogP contribution in [0, 0.1) is 23.0 Å². The molecule has 0 spiro atoms. The number of halogens is 1. The summed E-state index contributed by atoms with van der Waals surface area (Å²) >= 11 is 3.61. The van der Waals surface area contributed by atoms with E-state index in [0.29, 0.717) is 52.3 Å². The van der Waals surface area contributed by atoms with Crippen LogP contribution in [0.5, 0.6) is 11.5 Å². The van der Waals surface area contributed by atoms with Gasteiger partial charge in [0.1, 0.15) is 12.5 Å². The van der Waals surface area contributed by atoms with E-state index in [1.54, 1.807) is 23.7 Å². The van der Waals surface area contributed by atoms with Crippen LogP contribution in [-0.4, -0.2) is 27.1 Å². The lowest BCUT2D eigenvalue weighted by molar-refractivity contribution is -0.431. The van der Waals surface area contributed by atoms with E-state index in [4.69, 9.17) is 9.47 Å². The minimum absolute atomic E-state index is 0.0191. The van der Waals surface area contributed by atoms with E-state index < -0.39 is 5.92 Å². The fourth-order valence-electron chi connectivity index (χ4n) is 5.39. The molecule has 0 fully saturated rings. The number of carbonyl (C=O) groups is 1. The second kappa shape index (κ2) is 11.1. The van der Waals surface area contributed by atoms with E-state index >= 15 is 0 Å². The summed E-state index contributed by atoms with van der Waals surface area (Å²) in [6.07, 6.45) is 3.05. The molecule has 2 unspecified atom stereocenters. The maximum Gasteiger partial charge on any atom is 0.276 e. The number of hydrogen-bond donors (Lipinski definition) is 1. The lowest BCUT2D eigenvalue weighted by atomic mass is 9.74. The minimum Gasteiger partial charge on any atom is -0.490 e. The molecule has 0 saturated heterocycles. The number of dihydropyridines is 1. The van der Waals surface area contributed by atoms with Crippen LogP contribution in [0.1, 0.15) is 69.3 Å². The van der Waals surface area contributed by atoms with Crippen molar-refractivity contribution >= 4 is 21.7 Å². The Morgan fingerprint density at radius 2 is 1.97 bits per heavy atom. The third-order valence-electron chi connectivity index (χ3n) is 6.90. The van der Waals surface area contributed by atoms with Crippen molar-refractivity contribution in [3.05, 3.63) is 72.4 Å². The number of nitro groups is 1. The van der Waals surface area contributed by atoms with E-state index in [2.05, 4.69) is 33.3 Å². The molecular formula is C27H33BrN4O5. The second-order valence-corrected chi connectivity index (χ2v) is 10.5. The largest absolute Gasteiger partial charge is 0.490 e. The second-order valence-electron chi connectivity index (χ2n) is 9.66. The van der Waals surface area contributed by atoms with Crippen LogP contribution in [0.2, 0.25) is 0 Å². The van der Waals surface area contributed by atoms with Gasteiger partial charge in [-0.3, -0.25) is 19.6 Å². The van der Waals surface area contributed by atoms with Crippen LogP contribution in [0.3, 0.4) is 0 Å². The summed E-state index contributed by atoms with van der Waals surface area (Å²) in [5.41, 5.74) is 4.12. The third kappa shape index (κ3) is 5.44. The highest BCUT2D eigenvalue weighted by molar-refractivity contribution is 9.10. The third-order valence-corrected chi connectivity index (χ3v) is 7.49. The fourth-order valence-corrected chi connectivity index (χ4v) is 5.96. The summed E-state index contributed by atoms with van der Waals surface area (Å²) in [5.74, 6) is 0.356. The molecular weight excluding hydrogens is 540 g/mol. The van der Waals surface area contributed by atoms with Crippen LogP contribution in [0.15, 0.2) is 45.3 Å². The molecule has 1 aromatic carbocycles. The van der Waals surface area contributed by atoms with Gasteiger partial charge in [0, 0.05) is 24.7 Å². The molecule has 37 heavy (non-hydrogen) atoms. The number of hydrogen-bond acceptors (Lipinski definition) is 7. The molecule has 0 saturated carbocycles. The topological polar surface area (TPSA) is 109 Å². The number of allylic oxidation sites excluding steroid dienone is 3. The van der Waals surface area contributed by atoms with Crippen molar-refractivity contribution in [1.29, 1.82) is 0 Å². The minimum atomic E-state index is -0.800. The zero-order valence-electron chi connectivity index (χ0n) is 21.9. The summed E-state index contributed by atoms with van der Waals surface area (Å²) in [4.78, 5) is 25.3. The first-order valence-electron chi connectivity index (χ1n) is 12.6. The first kappa shape index (κ1) is 26.9. The number of nitrogens with zero attached hydrogens (tertiary/aromatic N) is 3. The van der Waals surface area contributed by atoms with Gasteiger partial charge in [-0.1, -0.05) is 13.3 Å². The van der Waals surface area contributed by atoms with Crippen molar-refractivity contribution in [3.63, 3.8) is 0 Å². The average Bonchev–Trinajstić information content (AvgIpc) is 3.14. The molecule has 1 aromatic heterocycles. The maximum atomic E-state index is 13.4. The van der Waals surface area contributed by atoms with Crippen LogP contribution in [0.25, 0.3) is 0 Å². The Labute approximate surface area is 225 Å². The van der Waals surface area contributed by atoms with Gasteiger partial charge in [-0.05, 0) is 79.2 Å². The van der Waals surface area contributed by atoms with Gasteiger partial charge in [-0.25, -0.2) is 0 Å². The van der Waals surface area contributed by atoms with Gasteiger partial charge < -0.3 is 14.8 Å². The standard InChI is InChI=1S/C27H33BrN4O5/c1-6-8-17-10-21-25(22(33)11-17)24(26(32(34)35)16(4)29-21)18-12-20(28)27(23(13-18)36-7-2)37-14-19-9-15(3)30-31(19)5/h9,12-13,17,24,29H,6-8,10-11,14H2,1-5H3. The van der Waals surface area contributed by atoms with Crippen LogP contribution < -0.4 is 14.8 Å². The van der Waals surface area contributed by atoms with Crippen molar-refractivity contribution in [2.45, 2.75) is 65.9 Å². The number of aryl methyl sites for hydroxylation is 2. The number of ether oxygens (including phenoxy) is 2. The highest BCUT2D eigenvalue weighted by Gasteiger charge is 2.44. The summed E-state index contributed by atoms with van der Waals surface area (Å²) in [6, 6.07) is 5.51. The monoisotopic (exact) mass is 572 g/mol. The van der Waals surface area contributed by atoms with Gasteiger partial charge in [0.2, 0.25) is 0 Å². The summed E-state index contributed by atoms with van der Waals surface area (Å²) in [5, 5.41) is 19.8. The van der Waals surface area contributed by atoms with Gasteiger partial charge in [0.05, 0.1) is 33.1 Å². The first-order chi connectivity index (χ1) is 17.6. The van der Waals surface area contributed by atoms with Crippen molar-refractivity contribution in [2.75, 3.05) is 6.61 Å². The molecule has 1 aliphatic carbocycles. The molecule has 198 valence electrons. The van der Waals surface area contributed by atoms with Crippen molar-refractivity contribution in [2.24, 2.45) is 13.0 Å². The molecule has 1 N–H and O–H groups in total. The van der Waals surface area contributed by atoms with E-state index in [-0.39, 0.29) is 28.9 Å². The van der Waals surface area contributed by atoms with Gasteiger partial charge in [-0.2, -0.15) is 5.10 Å². The van der Waals surface area contributed by atoms with Crippen molar-refractivity contribution < 1.29 is 19.2 Å². The molecule has 2 aliphatic rings. The smallest absolute Gasteiger partial charge is 0.276 e. The fraction of sp³-hybridized carbons (Fsp3) is 0.481. The predicted molar refractivity (Wildman–Crippen MR) is 143 cm³/mol. The molecule has 1 aliphatic heterocycles. The number of rotatable bonds is 9. The van der Waals surface area contributed by atoms with Gasteiger partial charge in [0.25, 0.3) is 5.70 Å². The number of nitrogens with one attached hydrogen (secondary N) is 1. The highest BCUT2D eigenvalue weighted by Crippen LogP contribution is 2.47. The Hall–Kier alpha value is -3.14. The molecule has 2 aromatic rings. The Bertz CT molecular complexity index is 1300. The Morgan fingerprint density at radius 3 is 2.59 bits per heavy atom. The Morgan fingerprint density at radius 1 is 1.22 bits per heavy atom. The SMILES string of the molecule is CCCC1CC(=O)C2=C(C1)NC(C)=C([N+](=O)[O-])C2c1cc(Br)c(OCc2cc(C)nn2C)c(OCC)c1. The van der Waals surface area contributed by atoms with E-state index in [9.17, 15) is 14.9 Å². The zero-order valence-corrected chi connectivity index (χ0v) is 23.5. The van der Waals surface area contributed by atoms with E-state index in [1.165, 1.54) is 0 Å². The number of benzene rings is 1. The van der Waals surface area contributed by atoms with Crippen LogP contribution >= 0.6 is 15.9 Å². The average molecular weight is 573 g/mol. The molecule has 0 amide bonds. The van der Waals surface area contributed by atoms with E-state index in [1.807, 2.05) is 27.0 Å². The molecule has 2 heterocycles. The lowest BCUT2D eigenvalue weighted by Gasteiger charge is -2.34. The first-order valence-corrected chi connectivity index (χ1v) is 13.4. The lowest BCUT2D eigenvalue weighted by Crippen LogP contribution is -2.36. The summed E-state index contributed by atoms with van der Waals surface area (Å²) in [6.45, 7) is 8.24. The van der Waals surface area contributed by atoms with Gasteiger partial charge >= 0.3 is 0 Å². The Balaban J connectivity index is 1.78. The van der Waals surface area contributed by atoms with Crippen molar-refractivity contribution in [1.82, 2.24) is 15.1 Å². The van der Waals surface area contributed by atoms with Crippen molar-refractivity contribution in [3.8, 4) is 11.5 Å². The van der Waals surface area contributed by atoms with Crippen LogP contribution in [0.4, 0.5) is 0 Å². The maximum absolute atomic E-state index is 13.4. The highest BCUT2D eigenvalue weighted by atomic mass is 79.9. The molecule has 10 heteroatoms. The summed E-state index contributed by atoms with van der Waals surface area (Å²) < 4.78 is 14.4. The number of Topliss-reactive ketones (excluding diaryl/α,β-unsaturated/α-hetero) is 1. The predicted octanol–water partition coefficient (Wildman–Crippen LogP) is 5.70. The zero-order chi connectivity index (χ0) is 26.9. The number of aromatic nitrogens is 2. The molecule has 4 rings (SSSR count). The Kier molecular flexibility index (Phi) is 8.06. The molecule has 9 nitrogen and oxygen atoms in total. The molecule has 0 bridgehead atoms.